The fourth-order valence-corrected chi connectivity index (χ4v) is 4.90. The molecule has 0 atom stereocenters. The molecule has 0 unspecified atom stereocenters. The van der Waals surface area contributed by atoms with Gasteiger partial charge in [-0.05, 0) is 17.7 Å². The zero-order valence-electron chi connectivity index (χ0n) is 16.2. The minimum atomic E-state index is -0.0519. The first-order valence-electron chi connectivity index (χ1n) is 9.83. The number of rotatable bonds is 4. The lowest BCUT2D eigenvalue weighted by Gasteiger charge is -2.34. The minimum Gasteiger partial charge on any atom is -0.334 e. The molecule has 3 aromatic heterocycles. The van der Waals surface area contributed by atoms with Crippen LogP contribution in [-0.2, 0) is 6.54 Å². The maximum absolute atomic E-state index is 13.0. The maximum Gasteiger partial charge on any atom is 0.282 e. The molecule has 1 fully saturated rings. The van der Waals surface area contributed by atoms with Gasteiger partial charge >= 0.3 is 0 Å². The standard InChI is InChI=1S/C22H20ClN5OS/c23-20-19(17-14-24-28-9-5-4-8-18(17)28)25-21(30-20)22(29)27-12-10-26(11-13-27)15-16-6-2-1-3-7-16/h1-9,14H,10-13,15H2. The molecule has 30 heavy (non-hydrogen) atoms. The van der Waals surface area contributed by atoms with Crippen molar-refractivity contribution in [2.45, 2.75) is 6.54 Å². The first kappa shape index (κ1) is 19.2. The Kier molecular flexibility index (Phi) is 5.25. The number of amides is 1. The summed E-state index contributed by atoms with van der Waals surface area (Å²) in [5.74, 6) is -0.0519. The van der Waals surface area contributed by atoms with Crippen molar-refractivity contribution in [3.8, 4) is 11.3 Å². The van der Waals surface area contributed by atoms with Crippen molar-refractivity contribution < 1.29 is 4.79 Å². The van der Waals surface area contributed by atoms with Gasteiger partial charge < -0.3 is 4.90 Å². The van der Waals surface area contributed by atoms with E-state index in [1.165, 1.54) is 16.9 Å². The van der Waals surface area contributed by atoms with Crippen LogP contribution in [-0.4, -0.2) is 56.5 Å². The number of carbonyl (C=O) groups excluding carboxylic acids is 1. The first-order valence-corrected chi connectivity index (χ1v) is 11.0. The predicted molar refractivity (Wildman–Crippen MR) is 119 cm³/mol. The van der Waals surface area contributed by atoms with Crippen LogP contribution in [0, 0.1) is 0 Å². The molecule has 1 aliphatic rings. The van der Waals surface area contributed by atoms with E-state index in [1.54, 1.807) is 10.7 Å². The largest absolute Gasteiger partial charge is 0.334 e. The van der Waals surface area contributed by atoms with E-state index in [4.69, 9.17) is 11.6 Å². The Bertz CT molecular complexity index is 1180. The summed E-state index contributed by atoms with van der Waals surface area (Å²) in [7, 11) is 0. The highest BCUT2D eigenvalue weighted by molar-refractivity contribution is 7.18. The van der Waals surface area contributed by atoms with Gasteiger partial charge in [0.05, 0.1) is 11.7 Å². The fraction of sp³-hybridized carbons (Fsp3) is 0.227. The average Bonchev–Trinajstić information content (AvgIpc) is 3.38. The van der Waals surface area contributed by atoms with Gasteiger partial charge in [0.15, 0.2) is 5.01 Å². The molecule has 0 N–H and O–H groups in total. The van der Waals surface area contributed by atoms with E-state index in [0.29, 0.717) is 28.1 Å². The Morgan fingerprint density at radius 1 is 1.03 bits per heavy atom. The number of pyridine rings is 1. The zero-order valence-corrected chi connectivity index (χ0v) is 17.8. The number of benzene rings is 1. The van der Waals surface area contributed by atoms with E-state index in [0.717, 1.165) is 30.7 Å². The third-order valence-electron chi connectivity index (χ3n) is 5.36. The lowest BCUT2D eigenvalue weighted by Crippen LogP contribution is -2.48. The molecule has 1 aliphatic heterocycles. The number of carbonyl (C=O) groups is 1. The van der Waals surface area contributed by atoms with Crippen LogP contribution in [0.2, 0.25) is 4.34 Å². The average molecular weight is 438 g/mol. The number of piperazine rings is 1. The third kappa shape index (κ3) is 3.71. The summed E-state index contributed by atoms with van der Waals surface area (Å²) in [6.07, 6.45) is 3.62. The highest BCUT2D eigenvalue weighted by Gasteiger charge is 2.26. The van der Waals surface area contributed by atoms with Gasteiger partial charge in [-0.25, -0.2) is 9.50 Å². The molecule has 152 valence electrons. The quantitative estimate of drug-likeness (QED) is 0.483. The second-order valence-corrected chi connectivity index (χ2v) is 8.89. The molecular formula is C22H20ClN5OS. The van der Waals surface area contributed by atoms with Crippen LogP contribution in [0.4, 0.5) is 0 Å². The Morgan fingerprint density at radius 3 is 2.60 bits per heavy atom. The second-order valence-electron chi connectivity index (χ2n) is 7.28. The van der Waals surface area contributed by atoms with Crippen molar-refractivity contribution in [2.75, 3.05) is 26.2 Å². The molecule has 8 heteroatoms. The molecule has 0 spiro atoms. The highest BCUT2D eigenvalue weighted by atomic mass is 35.5. The van der Waals surface area contributed by atoms with E-state index >= 15 is 0 Å². The number of halogens is 1. The van der Waals surface area contributed by atoms with Crippen LogP contribution < -0.4 is 0 Å². The SMILES string of the molecule is O=C(c1nc(-c2cnn3ccccc23)c(Cl)s1)N1CCN(Cc2ccccc2)CC1. The predicted octanol–water partition coefficient (Wildman–Crippen LogP) is 4.07. The zero-order chi connectivity index (χ0) is 20.5. The van der Waals surface area contributed by atoms with Crippen LogP contribution in [0.3, 0.4) is 0 Å². The number of thiazole rings is 1. The Morgan fingerprint density at radius 2 is 1.80 bits per heavy atom. The lowest BCUT2D eigenvalue weighted by atomic mass is 10.2. The number of aromatic nitrogens is 3. The van der Waals surface area contributed by atoms with Gasteiger partial charge in [0, 0.05) is 44.5 Å². The summed E-state index contributed by atoms with van der Waals surface area (Å²) in [6, 6.07) is 16.2. The van der Waals surface area contributed by atoms with Crippen molar-refractivity contribution in [2.24, 2.45) is 0 Å². The molecule has 4 aromatic rings. The highest BCUT2D eigenvalue weighted by Crippen LogP contribution is 2.35. The van der Waals surface area contributed by atoms with Gasteiger partial charge in [0.2, 0.25) is 0 Å². The van der Waals surface area contributed by atoms with Crippen LogP contribution in [0.25, 0.3) is 16.8 Å². The Labute approximate surface area is 183 Å². The number of nitrogens with zero attached hydrogens (tertiary/aromatic N) is 5. The molecule has 0 bridgehead atoms. The summed E-state index contributed by atoms with van der Waals surface area (Å²) in [4.78, 5) is 21.9. The number of fused-ring (bicyclic) bond motifs is 1. The van der Waals surface area contributed by atoms with Gasteiger partial charge in [-0.3, -0.25) is 9.69 Å². The molecule has 0 radical (unpaired) electrons. The first-order chi connectivity index (χ1) is 14.7. The van der Waals surface area contributed by atoms with E-state index in [9.17, 15) is 4.79 Å². The summed E-state index contributed by atoms with van der Waals surface area (Å²) in [5.41, 5.74) is 3.66. The van der Waals surface area contributed by atoms with Gasteiger partial charge in [0.25, 0.3) is 5.91 Å². The molecule has 1 aromatic carbocycles. The van der Waals surface area contributed by atoms with Gasteiger partial charge in [-0.15, -0.1) is 0 Å². The van der Waals surface area contributed by atoms with E-state index in [-0.39, 0.29) is 5.91 Å². The molecule has 6 nitrogen and oxygen atoms in total. The lowest BCUT2D eigenvalue weighted by molar-refractivity contribution is 0.0628. The summed E-state index contributed by atoms with van der Waals surface area (Å²) in [5, 5.41) is 4.78. The maximum atomic E-state index is 13.0. The monoisotopic (exact) mass is 437 g/mol. The third-order valence-corrected chi connectivity index (χ3v) is 6.60. The van der Waals surface area contributed by atoms with Crippen molar-refractivity contribution in [3.05, 3.63) is 75.8 Å². The van der Waals surface area contributed by atoms with Crippen LogP contribution >= 0.6 is 22.9 Å². The molecule has 1 saturated heterocycles. The van der Waals surface area contributed by atoms with Crippen molar-refractivity contribution in [3.63, 3.8) is 0 Å². The smallest absolute Gasteiger partial charge is 0.282 e. The van der Waals surface area contributed by atoms with E-state index < -0.39 is 0 Å². The van der Waals surface area contributed by atoms with E-state index in [1.807, 2.05) is 35.4 Å². The van der Waals surface area contributed by atoms with E-state index in [2.05, 4.69) is 39.2 Å². The van der Waals surface area contributed by atoms with Crippen molar-refractivity contribution >= 4 is 34.4 Å². The molecule has 0 saturated carbocycles. The van der Waals surface area contributed by atoms with Gasteiger partial charge in [0.1, 0.15) is 10.0 Å². The van der Waals surface area contributed by atoms with Crippen molar-refractivity contribution in [1.29, 1.82) is 0 Å². The topological polar surface area (TPSA) is 53.7 Å². The van der Waals surface area contributed by atoms with Crippen LogP contribution in [0.1, 0.15) is 15.4 Å². The molecule has 4 heterocycles. The normalized spacial score (nSPS) is 15.0. The van der Waals surface area contributed by atoms with Crippen LogP contribution in [0.15, 0.2) is 60.9 Å². The molecule has 5 rings (SSSR count). The molecule has 0 aliphatic carbocycles. The summed E-state index contributed by atoms with van der Waals surface area (Å²) in [6.45, 7) is 3.98. The second kappa shape index (κ2) is 8.18. The van der Waals surface area contributed by atoms with Gasteiger partial charge in [-0.1, -0.05) is 59.3 Å². The Hall–Kier alpha value is -2.74. The van der Waals surface area contributed by atoms with Crippen LogP contribution in [0.5, 0.6) is 0 Å². The number of hydrogen-bond donors (Lipinski definition) is 0. The Balaban J connectivity index is 1.29. The number of hydrogen-bond acceptors (Lipinski definition) is 5. The van der Waals surface area contributed by atoms with Gasteiger partial charge in [-0.2, -0.15) is 5.10 Å². The molecule has 1 amide bonds. The minimum absolute atomic E-state index is 0.0519. The summed E-state index contributed by atoms with van der Waals surface area (Å²) < 4.78 is 2.29. The molecular weight excluding hydrogens is 418 g/mol. The summed E-state index contributed by atoms with van der Waals surface area (Å²) >= 11 is 7.71. The fourth-order valence-electron chi connectivity index (χ4n) is 3.76. The van der Waals surface area contributed by atoms with Crippen molar-refractivity contribution in [1.82, 2.24) is 24.4 Å².